The summed E-state index contributed by atoms with van der Waals surface area (Å²) in [7, 11) is 0. The largest absolute Gasteiger partial charge is 0.356 e. The van der Waals surface area contributed by atoms with Crippen molar-refractivity contribution < 1.29 is 4.79 Å². The number of nitrogens with one attached hydrogen (secondary N) is 2. The van der Waals surface area contributed by atoms with Crippen molar-refractivity contribution in [2.24, 2.45) is 11.3 Å². The van der Waals surface area contributed by atoms with Crippen LogP contribution in [0.4, 0.5) is 0 Å². The second-order valence-electron chi connectivity index (χ2n) is 6.50. The molecule has 132 valence electrons. The minimum absolute atomic E-state index is 0. The van der Waals surface area contributed by atoms with Crippen LogP contribution in [0.2, 0.25) is 0 Å². The van der Waals surface area contributed by atoms with E-state index in [1.165, 1.54) is 17.8 Å². The fraction of sp³-hybridized carbons (Fsp3) is 0.750. The molecule has 0 aromatic carbocycles. The van der Waals surface area contributed by atoms with Crippen molar-refractivity contribution in [1.82, 2.24) is 15.6 Å². The number of hydrogen-bond donors (Lipinski definition) is 2. The summed E-state index contributed by atoms with van der Waals surface area (Å²) in [5, 5.41) is 9.83. The number of carbonyl (C=O) groups excluding carboxylic acids is 1. The molecular formula is C16H27Cl2N3OS. The van der Waals surface area contributed by atoms with E-state index in [2.05, 4.69) is 21.0 Å². The second-order valence-corrected chi connectivity index (χ2v) is 7.44. The first-order chi connectivity index (χ1) is 10.2. The van der Waals surface area contributed by atoms with Gasteiger partial charge in [-0.15, -0.1) is 36.2 Å². The number of aryl methyl sites for hydroxylation is 2. The zero-order valence-electron chi connectivity index (χ0n) is 13.6. The Balaban J connectivity index is 0.00000132. The lowest BCUT2D eigenvalue weighted by molar-refractivity contribution is -0.123. The Bertz CT molecular complexity index is 503. The first-order valence-electron chi connectivity index (χ1n) is 8.09. The maximum Gasteiger partial charge on any atom is 0.223 e. The van der Waals surface area contributed by atoms with Crippen molar-refractivity contribution in [3.8, 4) is 0 Å². The molecule has 0 bridgehead atoms. The summed E-state index contributed by atoms with van der Waals surface area (Å²) in [6.45, 7) is 5.01. The van der Waals surface area contributed by atoms with Crippen LogP contribution in [0, 0.1) is 18.3 Å². The molecule has 1 atom stereocenters. The van der Waals surface area contributed by atoms with Gasteiger partial charge in [-0.3, -0.25) is 4.79 Å². The molecule has 1 spiro atoms. The molecule has 1 saturated carbocycles. The van der Waals surface area contributed by atoms with Crippen molar-refractivity contribution >= 4 is 42.1 Å². The van der Waals surface area contributed by atoms with Crippen LogP contribution < -0.4 is 10.6 Å². The summed E-state index contributed by atoms with van der Waals surface area (Å²) in [6, 6.07) is 0. The van der Waals surface area contributed by atoms with Crippen LogP contribution in [0.3, 0.4) is 0 Å². The highest BCUT2D eigenvalue weighted by molar-refractivity contribution is 7.09. The zero-order chi connectivity index (χ0) is 14.7. The monoisotopic (exact) mass is 379 g/mol. The Morgan fingerprint density at radius 1 is 1.39 bits per heavy atom. The molecule has 1 aromatic heterocycles. The van der Waals surface area contributed by atoms with Crippen LogP contribution >= 0.6 is 36.2 Å². The van der Waals surface area contributed by atoms with Gasteiger partial charge in [0.2, 0.25) is 5.91 Å². The van der Waals surface area contributed by atoms with Gasteiger partial charge < -0.3 is 10.6 Å². The third kappa shape index (κ3) is 5.31. The number of hydrogen-bond acceptors (Lipinski definition) is 4. The lowest BCUT2D eigenvalue weighted by atomic mass is 9.92. The van der Waals surface area contributed by atoms with Crippen molar-refractivity contribution in [2.45, 2.75) is 45.4 Å². The lowest BCUT2D eigenvalue weighted by Gasteiger charge is -2.23. The van der Waals surface area contributed by atoms with Crippen LogP contribution in [0.1, 0.15) is 42.8 Å². The van der Waals surface area contributed by atoms with Gasteiger partial charge in [-0.25, -0.2) is 4.98 Å². The highest BCUT2D eigenvalue weighted by atomic mass is 35.5. The summed E-state index contributed by atoms with van der Waals surface area (Å²) in [6.07, 6.45) is 6.65. The smallest absolute Gasteiger partial charge is 0.223 e. The van der Waals surface area contributed by atoms with E-state index < -0.39 is 0 Å². The molecular weight excluding hydrogens is 353 g/mol. The summed E-state index contributed by atoms with van der Waals surface area (Å²) >= 11 is 1.74. The van der Waals surface area contributed by atoms with E-state index in [0.29, 0.717) is 17.2 Å². The molecule has 1 unspecified atom stereocenters. The number of thiazole rings is 1. The van der Waals surface area contributed by atoms with Crippen LogP contribution in [-0.2, 0) is 11.2 Å². The molecule has 4 nitrogen and oxygen atoms in total. The quantitative estimate of drug-likeness (QED) is 0.746. The fourth-order valence-electron chi connectivity index (χ4n) is 3.45. The molecule has 1 amide bonds. The van der Waals surface area contributed by atoms with Crippen molar-refractivity contribution in [3.63, 3.8) is 0 Å². The molecule has 1 aliphatic carbocycles. The number of amides is 1. The highest BCUT2D eigenvalue weighted by Crippen LogP contribution is 2.58. The van der Waals surface area contributed by atoms with Gasteiger partial charge in [0.15, 0.2) is 0 Å². The van der Waals surface area contributed by atoms with Gasteiger partial charge >= 0.3 is 0 Å². The molecule has 3 rings (SSSR count). The van der Waals surface area contributed by atoms with E-state index >= 15 is 0 Å². The number of unbranched alkanes of at least 4 members (excludes halogenated alkanes) is 1. The van der Waals surface area contributed by atoms with E-state index in [0.717, 1.165) is 51.0 Å². The third-order valence-corrected chi connectivity index (χ3v) is 5.92. The van der Waals surface area contributed by atoms with Gasteiger partial charge in [0.1, 0.15) is 0 Å². The van der Waals surface area contributed by atoms with Gasteiger partial charge in [-0.2, -0.15) is 0 Å². The molecule has 2 N–H and O–H groups in total. The molecule has 0 radical (unpaired) electrons. The third-order valence-electron chi connectivity index (χ3n) is 4.89. The van der Waals surface area contributed by atoms with E-state index in [-0.39, 0.29) is 24.8 Å². The van der Waals surface area contributed by atoms with Gasteiger partial charge in [-0.1, -0.05) is 0 Å². The Morgan fingerprint density at radius 3 is 2.78 bits per heavy atom. The summed E-state index contributed by atoms with van der Waals surface area (Å²) < 4.78 is 0. The molecule has 2 fully saturated rings. The number of nitrogens with zero attached hydrogens (tertiary/aromatic N) is 1. The maximum atomic E-state index is 12.2. The Morgan fingerprint density at radius 2 is 2.13 bits per heavy atom. The van der Waals surface area contributed by atoms with Crippen LogP contribution in [0.15, 0.2) is 5.38 Å². The average molecular weight is 380 g/mol. The van der Waals surface area contributed by atoms with Gasteiger partial charge in [0, 0.05) is 23.5 Å². The Labute approximate surface area is 155 Å². The van der Waals surface area contributed by atoms with E-state index in [1.54, 1.807) is 11.3 Å². The fourth-order valence-corrected chi connectivity index (χ4v) is 4.27. The van der Waals surface area contributed by atoms with Crippen molar-refractivity contribution in [3.05, 3.63) is 16.1 Å². The number of aromatic nitrogens is 1. The van der Waals surface area contributed by atoms with Crippen molar-refractivity contribution in [2.75, 3.05) is 19.6 Å². The summed E-state index contributed by atoms with van der Waals surface area (Å²) in [5.74, 6) is 0.586. The van der Waals surface area contributed by atoms with E-state index in [4.69, 9.17) is 0 Å². The lowest BCUT2D eigenvalue weighted by Crippen LogP contribution is -2.34. The first-order valence-corrected chi connectivity index (χ1v) is 8.97. The molecule has 2 aliphatic rings. The normalized spacial score (nSPS) is 21.2. The first kappa shape index (κ1) is 20.7. The molecule has 23 heavy (non-hydrogen) atoms. The molecule has 2 heterocycles. The van der Waals surface area contributed by atoms with E-state index in [9.17, 15) is 4.79 Å². The Hall–Kier alpha value is -0.360. The Kier molecular flexibility index (Phi) is 8.28. The van der Waals surface area contributed by atoms with Crippen LogP contribution in [0.5, 0.6) is 0 Å². The van der Waals surface area contributed by atoms with Crippen LogP contribution in [0.25, 0.3) is 0 Å². The molecule has 1 aliphatic heterocycles. The average Bonchev–Trinajstić information content (AvgIpc) is 3.00. The predicted octanol–water partition coefficient (Wildman–Crippen LogP) is 3.12. The van der Waals surface area contributed by atoms with E-state index in [1.807, 2.05) is 6.92 Å². The molecule has 7 heteroatoms. The second kappa shape index (κ2) is 9.21. The number of rotatable bonds is 6. The minimum atomic E-state index is 0. The number of halogens is 2. The van der Waals surface area contributed by atoms with Gasteiger partial charge in [-0.05, 0) is 64.0 Å². The molecule has 1 aromatic rings. The minimum Gasteiger partial charge on any atom is -0.356 e. The van der Waals surface area contributed by atoms with Crippen molar-refractivity contribution in [1.29, 1.82) is 0 Å². The summed E-state index contributed by atoms with van der Waals surface area (Å²) in [5.41, 5.74) is 1.47. The summed E-state index contributed by atoms with van der Waals surface area (Å²) in [4.78, 5) is 16.6. The number of piperidine rings is 1. The predicted molar refractivity (Wildman–Crippen MR) is 99.9 cm³/mol. The maximum absolute atomic E-state index is 12.2. The number of carbonyl (C=O) groups is 1. The van der Waals surface area contributed by atoms with Gasteiger partial charge in [0.05, 0.1) is 5.01 Å². The SMILES string of the molecule is Cc1csc(CCCCNC(=O)C2CC23CCNCC3)n1.Cl.Cl. The van der Waals surface area contributed by atoms with Crippen LogP contribution in [-0.4, -0.2) is 30.5 Å². The topological polar surface area (TPSA) is 54.0 Å². The highest BCUT2D eigenvalue weighted by Gasteiger charge is 2.57. The standard InChI is InChI=1S/C16H25N3OS.2ClH/c1-12-11-21-14(19-12)4-2-3-7-18-15(20)13-10-16(13)5-8-17-9-6-16;;/h11,13,17H,2-10H2,1H3,(H,18,20);2*1H. The van der Waals surface area contributed by atoms with Gasteiger partial charge in [0.25, 0.3) is 0 Å². The zero-order valence-corrected chi connectivity index (χ0v) is 16.0. The molecule has 1 saturated heterocycles.